The van der Waals surface area contributed by atoms with Crippen LogP contribution < -0.4 is 0 Å². The van der Waals surface area contributed by atoms with Crippen LogP contribution in [-0.4, -0.2) is 0 Å². The fourth-order valence-corrected chi connectivity index (χ4v) is 6.62. The van der Waals surface area contributed by atoms with E-state index in [0.717, 1.165) is 0 Å². The fourth-order valence-electron chi connectivity index (χ4n) is 6.62. The Kier molecular flexibility index (Phi) is 2.88. The second kappa shape index (κ2) is 5.73. The van der Waals surface area contributed by atoms with Crippen LogP contribution in [0.1, 0.15) is 0 Å². The van der Waals surface area contributed by atoms with Crippen molar-refractivity contribution in [1.29, 1.82) is 0 Å². The first kappa shape index (κ1) is 17.1. The molecule has 0 bridgehead atoms. The first-order valence-corrected chi connectivity index (χ1v) is 11.9. The lowest BCUT2D eigenvalue weighted by Crippen LogP contribution is -1.79. The number of rotatable bonds is 0. The smallest absolute Gasteiger partial charge is 0.00199 e. The van der Waals surface area contributed by atoms with Crippen molar-refractivity contribution >= 4 is 86.2 Å². The lowest BCUT2D eigenvalue weighted by molar-refractivity contribution is 1.81. The van der Waals surface area contributed by atoms with Gasteiger partial charge < -0.3 is 0 Å². The Bertz CT molecular complexity index is 2260. The third-order valence-corrected chi connectivity index (χ3v) is 8.06. The van der Waals surface area contributed by atoms with Crippen molar-refractivity contribution in [2.45, 2.75) is 0 Å². The van der Waals surface area contributed by atoms with Gasteiger partial charge in [0.2, 0.25) is 0 Å². The Labute approximate surface area is 195 Å². The molecule has 0 heteroatoms. The molecular formula is C34H18. The molecule has 0 spiro atoms. The normalized spacial score (nSPS) is 12.7. The maximum absolute atomic E-state index is 2.45. The van der Waals surface area contributed by atoms with Crippen molar-refractivity contribution in [3.8, 4) is 0 Å². The van der Waals surface area contributed by atoms with E-state index in [4.69, 9.17) is 0 Å². The SMILES string of the molecule is c1ccc2cc3c(cc2c1)c1cccc2c4cc5c(cc4cc3c21)c1cccc2cccc5c21. The van der Waals surface area contributed by atoms with Gasteiger partial charge in [-0.1, -0.05) is 78.9 Å². The van der Waals surface area contributed by atoms with Crippen molar-refractivity contribution in [1.82, 2.24) is 0 Å². The largest absolute Gasteiger partial charge is 0.0616 e. The zero-order valence-electron chi connectivity index (χ0n) is 18.4. The van der Waals surface area contributed by atoms with E-state index in [0.29, 0.717) is 0 Å². The van der Waals surface area contributed by atoms with Crippen LogP contribution in [0.3, 0.4) is 0 Å². The minimum absolute atomic E-state index is 1.30. The predicted molar refractivity (Wildman–Crippen MR) is 149 cm³/mol. The molecule has 0 N–H and O–H groups in total. The van der Waals surface area contributed by atoms with Crippen LogP contribution in [0, 0.1) is 0 Å². The van der Waals surface area contributed by atoms with Crippen molar-refractivity contribution in [2.24, 2.45) is 0 Å². The molecule has 0 aromatic heterocycles. The molecule has 0 unspecified atom stereocenters. The summed E-state index contributed by atoms with van der Waals surface area (Å²) in [7, 11) is 0. The van der Waals surface area contributed by atoms with Gasteiger partial charge in [-0.2, -0.15) is 0 Å². The number of benzene rings is 7. The summed E-state index contributed by atoms with van der Waals surface area (Å²) in [6.07, 6.45) is 0. The summed E-state index contributed by atoms with van der Waals surface area (Å²) < 4.78 is 0. The lowest BCUT2D eigenvalue weighted by atomic mass is 9.96. The molecule has 0 radical (unpaired) electrons. The molecule has 0 fully saturated rings. The van der Waals surface area contributed by atoms with Gasteiger partial charge in [0.15, 0.2) is 0 Å². The Morgan fingerprint density at radius 1 is 0.235 bits per heavy atom. The van der Waals surface area contributed by atoms with Gasteiger partial charge in [0.05, 0.1) is 0 Å². The minimum Gasteiger partial charge on any atom is -0.0616 e. The zero-order valence-corrected chi connectivity index (χ0v) is 18.4. The van der Waals surface area contributed by atoms with E-state index < -0.39 is 0 Å². The van der Waals surface area contributed by atoms with E-state index >= 15 is 0 Å². The van der Waals surface area contributed by atoms with Crippen LogP contribution >= 0.6 is 0 Å². The monoisotopic (exact) mass is 426 g/mol. The van der Waals surface area contributed by atoms with E-state index in [1.54, 1.807) is 0 Å². The summed E-state index contributed by atoms with van der Waals surface area (Å²) in [5, 5.41) is 21.6. The van der Waals surface area contributed by atoms with Crippen LogP contribution in [0.15, 0.2) is 109 Å². The van der Waals surface area contributed by atoms with Gasteiger partial charge >= 0.3 is 0 Å². The Morgan fingerprint density at radius 2 is 0.676 bits per heavy atom. The topological polar surface area (TPSA) is 0 Å². The summed E-state index contributed by atoms with van der Waals surface area (Å²) in [5.41, 5.74) is 0. The molecule has 9 rings (SSSR count). The van der Waals surface area contributed by atoms with Gasteiger partial charge in [0.1, 0.15) is 0 Å². The highest BCUT2D eigenvalue weighted by Gasteiger charge is 2.17. The van der Waals surface area contributed by atoms with Crippen LogP contribution in [0.4, 0.5) is 0 Å². The Balaban J connectivity index is 1.55. The van der Waals surface area contributed by atoms with Gasteiger partial charge in [0, 0.05) is 0 Å². The molecule has 0 heterocycles. The maximum Gasteiger partial charge on any atom is -0.00199 e. The number of fused-ring (bicyclic) bond motifs is 9. The fraction of sp³-hybridized carbons (Fsp3) is 0. The first-order chi connectivity index (χ1) is 16.8. The van der Waals surface area contributed by atoms with Crippen LogP contribution in [0.5, 0.6) is 0 Å². The summed E-state index contributed by atoms with van der Waals surface area (Å²) in [4.78, 5) is 0. The van der Waals surface area contributed by atoms with Gasteiger partial charge in [0.25, 0.3) is 0 Å². The van der Waals surface area contributed by atoms with Crippen LogP contribution in [0.2, 0.25) is 0 Å². The second-order valence-electron chi connectivity index (χ2n) is 9.73. The molecule has 154 valence electrons. The first-order valence-electron chi connectivity index (χ1n) is 11.9. The Hall–Kier alpha value is -4.42. The highest BCUT2D eigenvalue weighted by Crippen LogP contribution is 2.46. The zero-order chi connectivity index (χ0) is 22.0. The van der Waals surface area contributed by atoms with Gasteiger partial charge in [-0.15, -0.1) is 0 Å². The highest BCUT2D eigenvalue weighted by molar-refractivity contribution is 6.38. The molecule has 0 nitrogen and oxygen atoms in total. The molecule has 0 aliphatic rings. The molecular weight excluding hydrogens is 408 g/mol. The molecule has 34 heavy (non-hydrogen) atoms. The average molecular weight is 427 g/mol. The third kappa shape index (κ3) is 1.93. The van der Waals surface area contributed by atoms with Gasteiger partial charge in [-0.3, -0.25) is 0 Å². The molecule has 0 amide bonds. The van der Waals surface area contributed by atoms with Crippen LogP contribution in [-0.2, 0) is 0 Å². The molecule has 0 aliphatic carbocycles. The quantitative estimate of drug-likeness (QED) is 0.212. The summed E-state index contributed by atoms with van der Waals surface area (Å²) in [6.45, 7) is 0. The highest BCUT2D eigenvalue weighted by atomic mass is 14.2. The minimum atomic E-state index is 1.30. The van der Waals surface area contributed by atoms with E-state index in [2.05, 4.69) is 109 Å². The molecule has 0 saturated carbocycles. The number of hydrogen-bond donors (Lipinski definition) is 0. The summed E-state index contributed by atoms with van der Waals surface area (Å²) in [5.74, 6) is 0. The molecule has 0 aliphatic heterocycles. The standard InChI is InChI=1S/C34H18/c1-2-7-21-15-30-28(14-20(21)6-1)26-13-5-12-23-27-18-31-25-11-4-9-19-8-3-10-24(33(19)25)29(31)16-22(27)17-32(30)34(23)26/h1-18H. The average Bonchev–Trinajstić information content (AvgIpc) is 3.37. The van der Waals surface area contributed by atoms with Gasteiger partial charge in [-0.05, 0) is 117 Å². The van der Waals surface area contributed by atoms with E-state index in [9.17, 15) is 0 Å². The van der Waals surface area contributed by atoms with Crippen molar-refractivity contribution < 1.29 is 0 Å². The van der Waals surface area contributed by atoms with Crippen molar-refractivity contribution in [3.05, 3.63) is 109 Å². The molecule has 0 saturated heterocycles. The summed E-state index contributed by atoms with van der Waals surface area (Å²) in [6, 6.07) is 41.0. The van der Waals surface area contributed by atoms with E-state index in [1.165, 1.54) is 86.2 Å². The predicted octanol–water partition coefficient (Wildman–Crippen LogP) is 9.79. The van der Waals surface area contributed by atoms with Crippen molar-refractivity contribution in [2.75, 3.05) is 0 Å². The van der Waals surface area contributed by atoms with Gasteiger partial charge in [-0.25, -0.2) is 0 Å². The van der Waals surface area contributed by atoms with E-state index in [-0.39, 0.29) is 0 Å². The molecule has 9 aromatic carbocycles. The summed E-state index contributed by atoms with van der Waals surface area (Å²) >= 11 is 0. The molecule has 0 atom stereocenters. The second-order valence-corrected chi connectivity index (χ2v) is 9.73. The molecule has 9 aromatic rings. The number of hydrogen-bond acceptors (Lipinski definition) is 0. The Morgan fingerprint density at radius 3 is 1.35 bits per heavy atom. The maximum atomic E-state index is 2.45. The van der Waals surface area contributed by atoms with E-state index in [1.807, 2.05) is 0 Å². The third-order valence-electron chi connectivity index (χ3n) is 8.06. The van der Waals surface area contributed by atoms with Crippen molar-refractivity contribution in [3.63, 3.8) is 0 Å². The lowest BCUT2D eigenvalue weighted by Gasteiger charge is -2.07. The van der Waals surface area contributed by atoms with Crippen LogP contribution in [0.25, 0.3) is 86.2 Å².